The fourth-order valence-electron chi connectivity index (χ4n) is 1.94. The van der Waals surface area contributed by atoms with Crippen molar-refractivity contribution >= 4 is 15.7 Å². The quantitative estimate of drug-likeness (QED) is 0.819. The van der Waals surface area contributed by atoms with Gasteiger partial charge in [-0.3, -0.25) is 9.40 Å². The van der Waals surface area contributed by atoms with Crippen LogP contribution in [0.5, 0.6) is 0 Å². The maximum Gasteiger partial charge on any atom is 0.235 e. The lowest BCUT2D eigenvalue weighted by molar-refractivity contribution is 0.499. The number of nitrogens with one attached hydrogen (secondary N) is 2. The predicted octanol–water partition coefficient (Wildman–Crippen LogP) is 0.397. The van der Waals surface area contributed by atoms with Crippen LogP contribution in [0.15, 0.2) is 12.4 Å². The molecular weight excluding hydrogens is 240 g/mol. The molecule has 0 spiro atoms. The molecule has 0 amide bonds. The number of nitrogens with zero attached hydrogens (tertiary/aromatic N) is 2. The smallest absolute Gasteiger partial charge is 0.235 e. The van der Waals surface area contributed by atoms with E-state index in [1.807, 2.05) is 6.92 Å². The molecular formula is C10H18N4O2S. The molecule has 0 bridgehead atoms. The summed E-state index contributed by atoms with van der Waals surface area (Å²) in [7, 11) is -3.27. The number of rotatable bonds is 4. The van der Waals surface area contributed by atoms with Crippen LogP contribution in [0.1, 0.15) is 19.8 Å². The molecule has 0 atom stereocenters. The van der Waals surface area contributed by atoms with Crippen LogP contribution in [0, 0.1) is 0 Å². The van der Waals surface area contributed by atoms with Gasteiger partial charge in [0, 0.05) is 12.7 Å². The molecule has 2 N–H and O–H groups in total. The Morgan fingerprint density at radius 3 is 2.82 bits per heavy atom. The van der Waals surface area contributed by atoms with Gasteiger partial charge in [-0.05, 0) is 32.9 Å². The Bertz CT molecular complexity index is 462. The largest absolute Gasteiger partial charge is 0.317 e. The number of aryl methyl sites for hydroxylation is 1. The van der Waals surface area contributed by atoms with Crippen LogP contribution in [-0.2, 0) is 16.6 Å². The fourth-order valence-corrected chi connectivity index (χ4v) is 3.40. The van der Waals surface area contributed by atoms with Crippen LogP contribution >= 0.6 is 0 Å². The van der Waals surface area contributed by atoms with Gasteiger partial charge in [-0.25, -0.2) is 8.42 Å². The third kappa shape index (κ3) is 2.98. The van der Waals surface area contributed by atoms with Crippen LogP contribution in [0.25, 0.3) is 0 Å². The van der Waals surface area contributed by atoms with Gasteiger partial charge in [0.1, 0.15) is 0 Å². The molecule has 1 aliphatic rings. The monoisotopic (exact) mass is 258 g/mol. The minimum Gasteiger partial charge on any atom is -0.317 e. The Labute approximate surface area is 101 Å². The summed E-state index contributed by atoms with van der Waals surface area (Å²) >= 11 is 0. The fraction of sp³-hybridized carbons (Fsp3) is 0.700. The second-order valence-corrected chi connectivity index (χ2v) is 6.14. The maximum atomic E-state index is 12.1. The Balaban J connectivity index is 2.05. The Hall–Kier alpha value is -1.08. The molecule has 0 radical (unpaired) electrons. The van der Waals surface area contributed by atoms with Crippen molar-refractivity contribution in [2.45, 2.75) is 31.6 Å². The molecule has 0 saturated carbocycles. The Morgan fingerprint density at radius 2 is 2.24 bits per heavy atom. The van der Waals surface area contributed by atoms with E-state index in [0.29, 0.717) is 18.5 Å². The SMILES string of the molecule is CCn1cc(NS(=O)(=O)C2CCNCC2)cn1. The van der Waals surface area contributed by atoms with E-state index >= 15 is 0 Å². The van der Waals surface area contributed by atoms with Gasteiger partial charge in [0.15, 0.2) is 0 Å². The van der Waals surface area contributed by atoms with Gasteiger partial charge >= 0.3 is 0 Å². The van der Waals surface area contributed by atoms with Crippen molar-refractivity contribution in [2.24, 2.45) is 0 Å². The summed E-state index contributed by atoms with van der Waals surface area (Å²) in [6.07, 6.45) is 4.58. The van der Waals surface area contributed by atoms with E-state index in [-0.39, 0.29) is 5.25 Å². The maximum absolute atomic E-state index is 12.1. The van der Waals surface area contributed by atoms with Gasteiger partial charge in [0.05, 0.1) is 17.1 Å². The van der Waals surface area contributed by atoms with Crippen molar-refractivity contribution in [2.75, 3.05) is 17.8 Å². The molecule has 2 heterocycles. The summed E-state index contributed by atoms with van der Waals surface area (Å²) in [4.78, 5) is 0. The van der Waals surface area contributed by atoms with Gasteiger partial charge in [-0.2, -0.15) is 5.10 Å². The molecule has 2 rings (SSSR count). The molecule has 1 aromatic rings. The number of anilines is 1. The molecule has 7 heteroatoms. The molecule has 96 valence electrons. The number of aromatic nitrogens is 2. The first-order valence-electron chi connectivity index (χ1n) is 5.86. The van der Waals surface area contributed by atoms with Crippen LogP contribution < -0.4 is 10.0 Å². The first-order chi connectivity index (χ1) is 8.12. The summed E-state index contributed by atoms with van der Waals surface area (Å²) in [5.74, 6) is 0. The van der Waals surface area contributed by atoms with Crippen molar-refractivity contribution in [3.8, 4) is 0 Å². The van der Waals surface area contributed by atoms with Crippen molar-refractivity contribution in [3.05, 3.63) is 12.4 Å². The number of hydrogen-bond acceptors (Lipinski definition) is 4. The molecule has 0 unspecified atom stereocenters. The third-order valence-electron chi connectivity index (χ3n) is 2.94. The standard InChI is InChI=1S/C10H18N4O2S/c1-2-14-8-9(7-12-14)13-17(15,16)10-3-5-11-6-4-10/h7-8,10-11,13H,2-6H2,1H3. The summed E-state index contributed by atoms with van der Waals surface area (Å²) in [5, 5.41) is 6.90. The summed E-state index contributed by atoms with van der Waals surface area (Å²) in [6, 6.07) is 0. The van der Waals surface area contributed by atoms with Gasteiger partial charge in [0.2, 0.25) is 10.0 Å². The van der Waals surface area contributed by atoms with Crippen LogP contribution in [-0.4, -0.2) is 36.5 Å². The summed E-state index contributed by atoms with van der Waals surface area (Å²) in [6.45, 7) is 4.22. The predicted molar refractivity (Wildman–Crippen MR) is 66.3 cm³/mol. The number of piperidine rings is 1. The molecule has 1 aromatic heterocycles. The van der Waals surface area contributed by atoms with Crippen molar-refractivity contribution in [1.29, 1.82) is 0 Å². The minimum atomic E-state index is -3.27. The highest BCUT2D eigenvalue weighted by atomic mass is 32.2. The van der Waals surface area contributed by atoms with E-state index in [4.69, 9.17) is 0 Å². The lowest BCUT2D eigenvalue weighted by atomic mass is 10.2. The summed E-state index contributed by atoms with van der Waals surface area (Å²) in [5.41, 5.74) is 0.547. The van der Waals surface area contributed by atoms with Crippen molar-refractivity contribution in [1.82, 2.24) is 15.1 Å². The second-order valence-electron chi connectivity index (χ2n) is 4.18. The average Bonchev–Trinajstić information content (AvgIpc) is 2.77. The molecule has 17 heavy (non-hydrogen) atoms. The minimum absolute atomic E-state index is 0.297. The van der Waals surface area contributed by atoms with E-state index in [9.17, 15) is 8.42 Å². The number of hydrogen-bond donors (Lipinski definition) is 2. The van der Waals surface area contributed by atoms with Crippen molar-refractivity contribution in [3.63, 3.8) is 0 Å². The lowest BCUT2D eigenvalue weighted by Crippen LogP contribution is -2.38. The Morgan fingerprint density at radius 1 is 1.53 bits per heavy atom. The third-order valence-corrected chi connectivity index (χ3v) is 4.81. The van der Waals surface area contributed by atoms with Gasteiger partial charge < -0.3 is 5.32 Å². The molecule has 1 aliphatic heterocycles. The highest BCUT2D eigenvalue weighted by Gasteiger charge is 2.27. The van der Waals surface area contributed by atoms with Gasteiger partial charge in [0.25, 0.3) is 0 Å². The molecule has 1 fully saturated rings. The Kier molecular flexibility index (Phi) is 3.68. The van der Waals surface area contributed by atoms with Gasteiger partial charge in [-0.1, -0.05) is 0 Å². The lowest BCUT2D eigenvalue weighted by Gasteiger charge is -2.22. The van der Waals surface area contributed by atoms with Crippen LogP contribution in [0.4, 0.5) is 5.69 Å². The zero-order chi connectivity index (χ0) is 12.3. The van der Waals surface area contributed by atoms with Gasteiger partial charge in [-0.15, -0.1) is 0 Å². The molecule has 0 aliphatic carbocycles. The summed E-state index contributed by atoms with van der Waals surface area (Å²) < 4.78 is 28.5. The first-order valence-corrected chi connectivity index (χ1v) is 7.41. The highest BCUT2D eigenvalue weighted by Crippen LogP contribution is 2.17. The van der Waals surface area contributed by atoms with E-state index in [1.165, 1.54) is 0 Å². The topological polar surface area (TPSA) is 76.0 Å². The molecule has 0 aromatic carbocycles. The average molecular weight is 258 g/mol. The zero-order valence-corrected chi connectivity index (χ0v) is 10.7. The van der Waals surface area contributed by atoms with Crippen molar-refractivity contribution < 1.29 is 8.42 Å². The van der Waals surface area contributed by atoms with E-state index in [0.717, 1.165) is 19.6 Å². The molecule has 1 saturated heterocycles. The number of sulfonamides is 1. The normalized spacial score (nSPS) is 18.2. The van der Waals surface area contributed by atoms with E-state index in [1.54, 1.807) is 17.1 Å². The van der Waals surface area contributed by atoms with E-state index in [2.05, 4.69) is 15.1 Å². The second kappa shape index (κ2) is 5.05. The molecule has 6 nitrogen and oxygen atoms in total. The zero-order valence-electron chi connectivity index (χ0n) is 9.89. The highest BCUT2D eigenvalue weighted by molar-refractivity contribution is 7.93. The van der Waals surface area contributed by atoms with Crippen LogP contribution in [0.3, 0.4) is 0 Å². The van der Waals surface area contributed by atoms with E-state index < -0.39 is 10.0 Å². The van der Waals surface area contributed by atoms with Crippen LogP contribution in [0.2, 0.25) is 0 Å². The first kappa shape index (κ1) is 12.4.